The van der Waals surface area contributed by atoms with Crippen LogP contribution in [-0.2, 0) is 4.79 Å². The molecule has 1 atom stereocenters. The number of rotatable bonds is 3. The molecular weight excluding hydrogens is 146 g/mol. The van der Waals surface area contributed by atoms with Crippen LogP contribution in [0, 0.1) is 0 Å². The number of hydrogen-bond acceptors (Lipinski definition) is 3. The minimum atomic E-state index is -1.03. The smallest absolute Gasteiger partial charge is 0.306 e. The van der Waals surface area contributed by atoms with E-state index in [0.29, 0.717) is 0 Å². The Bertz CT molecular complexity index is 87.9. The van der Waals surface area contributed by atoms with Crippen molar-refractivity contribution in [2.45, 2.75) is 12.5 Å². The fourth-order valence-corrected chi connectivity index (χ4v) is 0.285. The second-order valence-corrected chi connectivity index (χ2v) is 1.49. The summed E-state index contributed by atoms with van der Waals surface area (Å²) in [7, 11) is 0. The van der Waals surface area contributed by atoms with Crippen molar-refractivity contribution in [3.8, 4) is 0 Å². The van der Waals surface area contributed by atoms with Gasteiger partial charge in [-0.05, 0) is 0 Å². The van der Waals surface area contributed by atoms with Crippen LogP contribution in [0.4, 0.5) is 0 Å². The molecule has 9 heavy (non-hydrogen) atoms. The third kappa shape index (κ3) is 7.68. The zero-order valence-electron chi connectivity index (χ0n) is 4.78. The van der Waals surface area contributed by atoms with E-state index >= 15 is 0 Å². The molecule has 56 valence electrons. The van der Waals surface area contributed by atoms with E-state index in [9.17, 15) is 4.79 Å². The Morgan fingerprint density at radius 1 is 1.67 bits per heavy atom. The molecule has 0 bridgehead atoms. The van der Waals surface area contributed by atoms with Gasteiger partial charge in [0.05, 0.1) is 12.5 Å². The number of aliphatic hydroxyl groups excluding tert-OH is 1. The summed E-state index contributed by atoms with van der Waals surface area (Å²) in [5.41, 5.74) is 4.91. The summed E-state index contributed by atoms with van der Waals surface area (Å²) < 4.78 is 0. The zero-order valence-corrected chi connectivity index (χ0v) is 5.60. The monoisotopic (exact) mass is 155 g/mol. The van der Waals surface area contributed by atoms with Crippen LogP contribution in [0.25, 0.3) is 0 Å². The van der Waals surface area contributed by atoms with Gasteiger partial charge in [-0.25, -0.2) is 0 Å². The molecule has 0 aliphatic heterocycles. The molecule has 4 nitrogen and oxygen atoms in total. The number of nitrogens with two attached hydrogens (primary N) is 1. The third-order valence-electron chi connectivity index (χ3n) is 0.682. The highest BCUT2D eigenvalue weighted by molar-refractivity contribution is 5.85. The summed E-state index contributed by atoms with van der Waals surface area (Å²) >= 11 is 0. The summed E-state index contributed by atoms with van der Waals surface area (Å²) in [4.78, 5) is 9.75. The Hall–Kier alpha value is -0.320. The van der Waals surface area contributed by atoms with Gasteiger partial charge in [0.15, 0.2) is 0 Å². The van der Waals surface area contributed by atoms with E-state index in [1.807, 2.05) is 0 Å². The second-order valence-electron chi connectivity index (χ2n) is 1.49. The van der Waals surface area contributed by atoms with Gasteiger partial charge in [-0.3, -0.25) is 4.79 Å². The first-order valence-corrected chi connectivity index (χ1v) is 2.26. The molecule has 5 heteroatoms. The minimum Gasteiger partial charge on any atom is -0.481 e. The highest BCUT2D eigenvalue weighted by atomic mass is 35.5. The van der Waals surface area contributed by atoms with Crippen molar-refractivity contribution >= 4 is 18.4 Å². The van der Waals surface area contributed by atoms with Crippen LogP contribution in [0.2, 0.25) is 0 Å². The van der Waals surface area contributed by atoms with Crippen molar-refractivity contribution in [1.82, 2.24) is 0 Å². The van der Waals surface area contributed by atoms with Crippen LogP contribution in [0.5, 0.6) is 0 Å². The molecule has 0 unspecified atom stereocenters. The molecule has 0 aromatic rings. The fourth-order valence-electron chi connectivity index (χ4n) is 0.285. The Labute approximate surface area is 59.1 Å². The van der Waals surface area contributed by atoms with Crippen LogP contribution in [0.15, 0.2) is 0 Å². The van der Waals surface area contributed by atoms with Gasteiger partial charge in [0.2, 0.25) is 0 Å². The number of carbonyl (C=O) groups is 1. The number of aliphatic carboxylic acids is 1. The van der Waals surface area contributed by atoms with Crippen molar-refractivity contribution in [1.29, 1.82) is 0 Å². The molecule has 0 aromatic heterocycles. The van der Waals surface area contributed by atoms with E-state index in [1.54, 1.807) is 0 Å². The molecule has 0 aromatic carbocycles. The molecule has 0 spiro atoms. The lowest BCUT2D eigenvalue weighted by molar-refractivity contribution is -0.139. The van der Waals surface area contributed by atoms with Gasteiger partial charge in [-0.2, -0.15) is 0 Å². The number of hydrogen-bond donors (Lipinski definition) is 3. The van der Waals surface area contributed by atoms with Crippen molar-refractivity contribution < 1.29 is 15.0 Å². The summed E-state index contributed by atoms with van der Waals surface area (Å²) in [6, 6.07) is 0. The van der Waals surface area contributed by atoms with Crippen molar-refractivity contribution in [2.24, 2.45) is 5.73 Å². The largest absolute Gasteiger partial charge is 0.481 e. The number of halogens is 1. The van der Waals surface area contributed by atoms with Gasteiger partial charge in [0.25, 0.3) is 0 Å². The minimum absolute atomic E-state index is 0. The van der Waals surface area contributed by atoms with E-state index in [1.165, 1.54) is 0 Å². The molecular formula is C4H10ClNO3. The van der Waals surface area contributed by atoms with Gasteiger partial charge in [0, 0.05) is 6.54 Å². The predicted octanol–water partition coefficient (Wildman–Crippen LogP) is -0.798. The second kappa shape index (κ2) is 5.81. The molecule has 0 radical (unpaired) electrons. The van der Waals surface area contributed by atoms with Crippen LogP contribution in [0.1, 0.15) is 6.42 Å². The van der Waals surface area contributed by atoms with Gasteiger partial charge >= 0.3 is 5.97 Å². The lowest BCUT2D eigenvalue weighted by Gasteiger charge is -2.00. The molecule has 0 aliphatic carbocycles. The molecule has 0 heterocycles. The maximum atomic E-state index is 9.75. The van der Waals surface area contributed by atoms with Crippen LogP contribution < -0.4 is 5.73 Å². The topological polar surface area (TPSA) is 83.5 Å². The van der Waals surface area contributed by atoms with E-state index in [2.05, 4.69) is 0 Å². The van der Waals surface area contributed by atoms with Gasteiger partial charge in [-0.15, -0.1) is 12.4 Å². The first-order chi connectivity index (χ1) is 3.66. The average Bonchev–Trinajstić information content (AvgIpc) is 1.65. The number of carboxylic acid groups (broad SMARTS) is 1. The zero-order chi connectivity index (χ0) is 6.57. The quantitative estimate of drug-likeness (QED) is 0.499. The molecule has 4 N–H and O–H groups in total. The van der Waals surface area contributed by atoms with Crippen LogP contribution in [0.3, 0.4) is 0 Å². The Balaban J connectivity index is 0. The third-order valence-corrected chi connectivity index (χ3v) is 0.682. The fraction of sp³-hybridized carbons (Fsp3) is 0.750. The summed E-state index contributed by atoms with van der Waals surface area (Å²) in [5.74, 6) is -1.03. The normalized spacial score (nSPS) is 11.8. The Morgan fingerprint density at radius 3 is 2.22 bits per heavy atom. The molecule has 0 saturated heterocycles. The van der Waals surface area contributed by atoms with Crippen molar-refractivity contribution in [3.63, 3.8) is 0 Å². The number of aliphatic hydroxyl groups is 1. The molecule has 0 aliphatic rings. The SMILES string of the molecule is Cl.NC[C@H](O)CC(=O)O. The summed E-state index contributed by atoms with van der Waals surface area (Å²) in [6.45, 7) is 0.00625. The Morgan fingerprint density at radius 2 is 2.11 bits per heavy atom. The van der Waals surface area contributed by atoms with E-state index in [4.69, 9.17) is 15.9 Å². The van der Waals surface area contributed by atoms with Crippen molar-refractivity contribution in [3.05, 3.63) is 0 Å². The van der Waals surface area contributed by atoms with E-state index in [0.717, 1.165) is 0 Å². The molecule has 0 rings (SSSR count). The molecule has 0 fully saturated rings. The van der Waals surface area contributed by atoms with Gasteiger partial charge in [-0.1, -0.05) is 0 Å². The summed E-state index contributed by atoms with van der Waals surface area (Å²) in [6.07, 6.45) is -1.16. The lowest BCUT2D eigenvalue weighted by atomic mass is 10.3. The molecule has 0 saturated carbocycles. The lowest BCUT2D eigenvalue weighted by Crippen LogP contribution is -2.22. The first-order valence-electron chi connectivity index (χ1n) is 2.26. The van der Waals surface area contributed by atoms with Gasteiger partial charge in [0.1, 0.15) is 0 Å². The average molecular weight is 156 g/mol. The number of carboxylic acids is 1. The van der Waals surface area contributed by atoms with E-state index in [-0.39, 0.29) is 25.4 Å². The Kier molecular flexibility index (Phi) is 7.41. The van der Waals surface area contributed by atoms with Crippen LogP contribution in [-0.4, -0.2) is 28.8 Å². The predicted molar refractivity (Wildman–Crippen MR) is 34.6 cm³/mol. The maximum absolute atomic E-state index is 9.75. The van der Waals surface area contributed by atoms with Crippen LogP contribution >= 0.6 is 12.4 Å². The van der Waals surface area contributed by atoms with Gasteiger partial charge < -0.3 is 15.9 Å². The standard InChI is InChI=1S/C4H9NO3.ClH/c5-2-3(6)1-4(7)8;/h3,6H,1-2,5H2,(H,7,8);1H/t3-;/m1./s1. The maximum Gasteiger partial charge on any atom is 0.306 e. The highest BCUT2D eigenvalue weighted by Gasteiger charge is 2.04. The van der Waals surface area contributed by atoms with Crippen molar-refractivity contribution in [2.75, 3.05) is 6.54 Å². The molecule has 0 amide bonds. The van der Waals surface area contributed by atoms with E-state index < -0.39 is 12.1 Å². The highest BCUT2D eigenvalue weighted by Crippen LogP contribution is 1.85. The summed E-state index contributed by atoms with van der Waals surface area (Å²) in [5, 5.41) is 16.5. The first kappa shape index (κ1) is 11.5.